The van der Waals surface area contributed by atoms with Gasteiger partial charge in [-0.3, -0.25) is 0 Å². The maximum absolute atomic E-state index is 13.9. The molecule has 0 bridgehead atoms. The molecule has 0 aromatic heterocycles. The number of hydrogen-bond donors (Lipinski definition) is 1. The Bertz CT molecular complexity index is 391. The van der Waals surface area contributed by atoms with Crippen molar-refractivity contribution in [1.82, 2.24) is 0 Å². The first-order valence-electron chi connectivity index (χ1n) is 6.29. The van der Waals surface area contributed by atoms with Crippen LogP contribution in [-0.2, 0) is 10.7 Å². The molecule has 100 valence electrons. The molecule has 1 aliphatic carbocycles. The SMILES string of the molecule is Cc1ccc(C(F)(F)COC2CCC(N)C2)cc1. The van der Waals surface area contributed by atoms with Crippen molar-refractivity contribution in [2.75, 3.05) is 6.61 Å². The summed E-state index contributed by atoms with van der Waals surface area (Å²) in [6.45, 7) is 1.31. The molecule has 2 N–H and O–H groups in total. The predicted octanol–water partition coefficient (Wildman–Crippen LogP) is 2.98. The van der Waals surface area contributed by atoms with E-state index in [0.717, 1.165) is 18.4 Å². The lowest BCUT2D eigenvalue weighted by Gasteiger charge is -2.20. The maximum atomic E-state index is 13.9. The summed E-state index contributed by atoms with van der Waals surface area (Å²) in [6.07, 6.45) is 2.21. The Hall–Kier alpha value is -1.00. The standard InChI is InChI=1S/C14H19F2NO/c1-10-2-4-11(5-3-10)14(15,16)9-18-13-7-6-12(17)8-13/h2-5,12-13H,6-9,17H2,1H3. The fraction of sp³-hybridized carbons (Fsp3) is 0.571. The summed E-state index contributed by atoms with van der Waals surface area (Å²) in [4.78, 5) is 0. The van der Waals surface area contributed by atoms with Crippen LogP contribution in [-0.4, -0.2) is 18.8 Å². The number of hydrogen-bond acceptors (Lipinski definition) is 2. The number of alkyl halides is 2. The number of rotatable bonds is 4. The lowest BCUT2D eigenvalue weighted by Crippen LogP contribution is -2.25. The Labute approximate surface area is 106 Å². The first-order chi connectivity index (χ1) is 8.47. The minimum atomic E-state index is -2.93. The largest absolute Gasteiger partial charge is 0.372 e. The zero-order valence-electron chi connectivity index (χ0n) is 10.5. The highest BCUT2D eigenvalue weighted by Crippen LogP contribution is 2.30. The molecule has 2 nitrogen and oxygen atoms in total. The van der Waals surface area contributed by atoms with Crippen molar-refractivity contribution in [3.63, 3.8) is 0 Å². The van der Waals surface area contributed by atoms with Crippen LogP contribution in [0.3, 0.4) is 0 Å². The third-order valence-corrected chi connectivity index (χ3v) is 3.40. The summed E-state index contributed by atoms with van der Waals surface area (Å²) in [5.74, 6) is -2.93. The van der Waals surface area contributed by atoms with Gasteiger partial charge in [-0.25, -0.2) is 0 Å². The molecule has 18 heavy (non-hydrogen) atoms. The van der Waals surface area contributed by atoms with Crippen LogP contribution in [0.15, 0.2) is 24.3 Å². The van der Waals surface area contributed by atoms with Gasteiger partial charge in [0.25, 0.3) is 5.92 Å². The van der Waals surface area contributed by atoms with Gasteiger partial charge in [0.1, 0.15) is 6.61 Å². The smallest absolute Gasteiger partial charge is 0.296 e. The van der Waals surface area contributed by atoms with Gasteiger partial charge in [-0.1, -0.05) is 29.8 Å². The molecule has 0 radical (unpaired) electrons. The van der Waals surface area contributed by atoms with Crippen LogP contribution in [0.4, 0.5) is 8.78 Å². The maximum Gasteiger partial charge on any atom is 0.296 e. The van der Waals surface area contributed by atoms with E-state index >= 15 is 0 Å². The normalized spacial score (nSPS) is 24.4. The average molecular weight is 255 g/mol. The van der Waals surface area contributed by atoms with E-state index in [-0.39, 0.29) is 17.7 Å². The van der Waals surface area contributed by atoms with Crippen molar-refractivity contribution in [2.45, 2.75) is 44.3 Å². The average Bonchev–Trinajstić information content (AvgIpc) is 2.73. The van der Waals surface area contributed by atoms with E-state index < -0.39 is 12.5 Å². The summed E-state index contributed by atoms with van der Waals surface area (Å²) in [6, 6.07) is 6.39. The number of ether oxygens (including phenoxy) is 1. The van der Waals surface area contributed by atoms with Crippen LogP contribution in [0.2, 0.25) is 0 Å². The Morgan fingerprint density at radius 2 is 1.94 bits per heavy atom. The van der Waals surface area contributed by atoms with E-state index in [4.69, 9.17) is 10.5 Å². The second kappa shape index (κ2) is 5.33. The molecular weight excluding hydrogens is 236 g/mol. The third-order valence-electron chi connectivity index (χ3n) is 3.40. The van der Waals surface area contributed by atoms with Crippen molar-refractivity contribution in [2.24, 2.45) is 5.73 Å². The molecule has 1 saturated carbocycles. The molecule has 0 aliphatic heterocycles. The van der Waals surface area contributed by atoms with Crippen molar-refractivity contribution < 1.29 is 13.5 Å². The van der Waals surface area contributed by atoms with Gasteiger partial charge in [0.2, 0.25) is 0 Å². The first-order valence-corrected chi connectivity index (χ1v) is 6.29. The summed E-state index contributed by atoms with van der Waals surface area (Å²) in [5.41, 5.74) is 6.70. The molecule has 0 amide bonds. The molecule has 0 saturated heterocycles. The highest BCUT2D eigenvalue weighted by atomic mass is 19.3. The molecule has 2 rings (SSSR count). The molecule has 1 fully saturated rings. The molecule has 1 aromatic carbocycles. The highest BCUT2D eigenvalue weighted by Gasteiger charge is 2.34. The second-order valence-electron chi connectivity index (χ2n) is 5.08. The first kappa shape index (κ1) is 13.4. The van der Waals surface area contributed by atoms with E-state index in [9.17, 15) is 8.78 Å². The molecular formula is C14H19F2NO. The van der Waals surface area contributed by atoms with Crippen molar-refractivity contribution in [3.8, 4) is 0 Å². The number of halogens is 2. The van der Waals surface area contributed by atoms with Crippen LogP contribution in [0.1, 0.15) is 30.4 Å². The number of benzene rings is 1. The lowest BCUT2D eigenvalue weighted by molar-refractivity contribution is -0.103. The third kappa shape index (κ3) is 3.27. The van der Waals surface area contributed by atoms with Crippen LogP contribution >= 0.6 is 0 Å². The van der Waals surface area contributed by atoms with Crippen LogP contribution in [0, 0.1) is 6.92 Å². The van der Waals surface area contributed by atoms with Crippen molar-refractivity contribution in [3.05, 3.63) is 35.4 Å². The molecule has 1 aromatic rings. The van der Waals surface area contributed by atoms with Crippen LogP contribution in [0.25, 0.3) is 0 Å². The van der Waals surface area contributed by atoms with Gasteiger partial charge in [0.05, 0.1) is 6.10 Å². The van der Waals surface area contributed by atoms with E-state index in [0.29, 0.717) is 6.42 Å². The molecule has 2 atom stereocenters. The van der Waals surface area contributed by atoms with Gasteiger partial charge in [-0.2, -0.15) is 8.78 Å². The summed E-state index contributed by atoms with van der Waals surface area (Å²) in [5, 5.41) is 0. The molecule has 1 aliphatic rings. The van der Waals surface area contributed by atoms with Crippen LogP contribution < -0.4 is 5.73 Å². The van der Waals surface area contributed by atoms with Gasteiger partial charge in [0, 0.05) is 11.6 Å². The van der Waals surface area contributed by atoms with Crippen LogP contribution in [0.5, 0.6) is 0 Å². The number of nitrogens with two attached hydrogens (primary N) is 1. The van der Waals surface area contributed by atoms with E-state index in [2.05, 4.69) is 0 Å². The Kier molecular flexibility index (Phi) is 3.97. The molecule has 4 heteroatoms. The van der Waals surface area contributed by atoms with Gasteiger partial charge in [-0.15, -0.1) is 0 Å². The fourth-order valence-corrected chi connectivity index (χ4v) is 2.23. The van der Waals surface area contributed by atoms with Crippen molar-refractivity contribution >= 4 is 0 Å². The number of aryl methyl sites for hydroxylation is 1. The van der Waals surface area contributed by atoms with Gasteiger partial charge in [0.15, 0.2) is 0 Å². The lowest BCUT2D eigenvalue weighted by atomic mass is 10.1. The highest BCUT2D eigenvalue weighted by molar-refractivity contribution is 5.24. The van der Waals surface area contributed by atoms with Gasteiger partial charge >= 0.3 is 0 Å². The van der Waals surface area contributed by atoms with E-state index in [1.165, 1.54) is 12.1 Å². The summed E-state index contributed by atoms with van der Waals surface area (Å²) in [7, 11) is 0. The fourth-order valence-electron chi connectivity index (χ4n) is 2.23. The van der Waals surface area contributed by atoms with Crippen molar-refractivity contribution in [1.29, 1.82) is 0 Å². The minimum absolute atomic E-state index is 0.00963. The zero-order valence-corrected chi connectivity index (χ0v) is 10.5. The quantitative estimate of drug-likeness (QED) is 0.897. The molecule has 2 unspecified atom stereocenters. The summed E-state index contributed by atoms with van der Waals surface area (Å²) < 4.78 is 33.1. The Morgan fingerprint density at radius 3 is 2.50 bits per heavy atom. The molecule has 0 heterocycles. The second-order valence-corrected chi connectivity index (χ2v) is 5.08. The Balaban J connectivity index is 1.92. The monoisotopic (exact) mass is 255 g/mol. The van der Waals surface area contributed by atoms with E-state index in [1.807, 2.05) is 6.92 Å². The molecule has 0 spiro atoms. The zero-order chi connectivity index (χ0) is 13.2. The topological polar surface area (TPSA) is 35.2 Å². The predicted molar refractivity (Wildman–Crippen MR) is 66.6 cm³/mol. The van der Waals surface area contributed by atoms with Gasteiger partial charge in [-0.05, 0) is 26.2 Å². The minimum Gasteiger partial charge on any atom is -0.372 e. The summed E-state index contributed by atoms with van der Waals surface area (Å²) >= 11 is 0. The van der Waals surface area contributed by atoms with E-state index in [1.54, 1.807) is 12.1 Å². The Morgan fingerprint density at radius 1 is 1.28 bits per heavy atom. The van der Waals surface area contributed by atoms with Gasteiger partial charge < -0.3 is 10.5 Å².